The number of hydrogen-bond donors (Lipinski definition) is 2. The van der Waals surface area contributed by atoms with Gasteiger partial charge in [0.15, 0.2) is 0 Å². The van der Waals surface area contributed by atoms with E-state index in [0.717, 1.165) is 36.4 Å². The predicted molar refractivity (Wildman–Crippen MR) is 76.5 cm³/mol. The fourth-order valence-corrected chi connectivity index (χ4v) is 3.38. The number of aliphatic hydroxyl groups is 1. The Morgan fingerprint density at radius 1 is 1.47 bits per heavy atom. The molecule has 1 aliphatic carbocycles. The van der Waals surface area contributed by atoms with Crippen molar-refractivity contribution >= 4 is 17.2 Å². The van der Waals surface area contributed by atoms with Crippen molar-refractivity contribution in [2.45, 2.75) is 52.1 Å². The number of aromatic nitrogens is 1. The van der Waals surface area contributed by atoms with Crippen molar-refractivity contribution in [1.29, 1.82) is 0 Å². The molecule has 1 saturated carbocycles. The van der Waals surface area contributed by atoms with E-state index >= 15 is 0 Å². The number of thiazole rings is 1. The van der Waals surface area contributed by atoms with Gasteiger partial charge in [-0.1, -0.05) is 6.92 Å². The van der Waals surface area contributed by atoms with E-state index in [1.54, 1.807) is 0 Å². The zero-order valence-electron chi connectivity index (χ0n) is 11.8. The SMILES string of the molecule is Cc1nc(C)c(C(=O)NCC2(O)CCC(C)CC2)s1. The average molecular weight is 282 g/mol. The minimum atomic E-state index is -0.726. The van der Waals surface area contributed by atoms with E-state index in [0.29, 0.717) is 17.3 Å². The third-order valence-electron chi connectivity index (χ3n) is 3.89. The highest BCUT2D eigenvalue weighted by molar-refractivity contribution is 7.13. The van der Waals surface area contributed by atoms with Gasteiger partial charge in [0.05, 0.1) is 16.3 Å². The molecule has 5 heteroatoms. The molecule has 0 aromatic carbocycles. The van der Waals surface area contributed by atoms with E-state index in [4.69, 9.17) is 0 Å². The Bertz CT molecular complexity index is 462. The van der Waals surface area contributed by atoms with Crippen LogP contribution >= 0.6 is 11.3 Å². The van der Waals surface area contributed by atoms with Gasteiger partial charge in [-0.25, -0.2) is 4.98 Å². The van der Waals surface area contributed by atoms with Gasteiger partial charge in [-0.15, -0.1) is 11.3 Å². The van der Waals surface area contributed by atoms with Crippen LogP contribution in [0.25, 0.3) is 0 Å². The van der Waals surface area contributed by atoms with E-state index in [1.165, 1.54) is 11.3 Å². The monoisotopic (exact) mass is 282 g/mol. The third-order valence-corrected chi connectivity index (χ3v) is 4.96. The number of nitrogens with one attached hydrogen (secondary N) is 1. The van der Waals surface area contributed by atoms with E-state index in [-0.39, 0.29) is 5.91 Å². The Hall–Kier alpha value is -0.940. The first-order chi connectivity index (χ1) is 8.89. The Morgan fingerprint density at radius 2 is 2.11 bits per heavy atom. The second kappa shape index (κ2) is 5.59. The molecule has 0 spiro atoms. The lowest BCUT2D eigenvalue weighted by Gasteiger charge is -2.34. The van der Waals surface area contributed by atoms with Crippen LogP contribution < -0.4 is 5.32 Å². The van der Waals surface area contributed by atoms with Gasteiger partial charge in [0.1, 0.15) is 4.88 Å². The van der Waals surface area contributed by atoms with Gasteiger partial charge in [0.2, 0.25) is 0 Å². The molecular weight excluding hydrogens is 260 g/mol. The summed E-state index contributed by atoms with van der Waals surface area (Å²) in [5.41, 5.74) is 0.0414. The minimum Gasteiger partial charge on any atom is -0.388 e. The smallest absolute Gasteiger partial charge is 0.263 e. The van der Waals surface area contributed by atoms with Crippen molar-refractivity contribution in [2.75, 3.05) is 6.54 Å². The summed E-state index contributed by atoms with van der Waals surface area (Å²) in [6.07, 6.45) is 3.61. The van der Waals surface area contributed by atoms with Crippen LogP contribution in [0.4, 0.5) is 0 Å². The molecule has 1 amide bonds. The second-order valence-electron chi connectivity index (χ2n) is 5.74. The molecule has 0 radical (unpaired) electrons. The number of carbonyl (C=O) groups is 1. The quantitative estimate of drug-likeness (QED) is 0.895. The maximum atomic E-state index is 12.1. The molecule has 1 fully saturated rings. The molecule has 0 atom stereocenters. The molecule has 0 saturated heterocycles. The molecule has 2 N–H and O–H groups in total. The van der Waals surface area contributed by atoms with Crippen LogP contribution in [0.15, 0.2) is 0 Å². The van der Waals surface area contributed by atoms with Crippen LogP contribution in [-0.4, -0.2) is 28.1 Å². The van der Waals surface area contributed by atoms with Gasteiger partial charge in [-0.05, 0) is 45.4 Å². The zero-order chi connectivity index (χ0) is 14.0. The first-order valence-electron chi connectivity index (χ1n) is 6.84. The highest BCUT2D eigenvalue weighted by Gasteiger charge is 2.32. The molecule has 1 aromatic heterocycles. The fourth-order valence-electron chi connectivity index (χ4n) is 2.54. The topological polar surface area (TPSA) is 62.2 Å². The lowest BCUT2D eigenvalue weighted by atomic mass is 9.79. The molecule has 106 valence electrons. The van der Waals surface area contributed by atoms with Gasteiger partial charge in [0.25, 0.3) is 5.91 Å². The summed E-state index contributed by atoms with van der Waals surface area (Å²) >= 11 is 1.40. The molecule has 0 aliphatic heterocycles. The number of hydrogen-bond acceptors (Lipinski definition) is 4. The van der Waals surface area contributed by atoms with E-state index in [2.05, 4.69) is 17.2 Å². The lowest BCUT2D eigenvalue weighted by Crippen LogP contribution is -2.45. The summed E-state index contributed by atoms with van der Waals surface area (Å²) in [6, 6.07) is 0. The van der Waals surface area contributed by atoms with Gasteiger partial charge >= 0.3 is 0 Å². The number of aryl methyl sites for hydroxylation is 2. The standard InChI is InChI=1S/C14H22N2O2S/c1-9-4-6-14(18,7-5-9)8-15-13(17)12-10(2)16-11(3)19-12/h9,18H,4-8H2,1-3H3,(H,15,17). The van der Waals surface area contributed by atoms with E-state index in [1.807, 2.05) is 13.8 Å². The number of rotatable bonds is 3. The van der Waals surface area contributed by atoms with E-state index < -0.39 is 5.60 Å². The highest BCUT2D eigenvalue weighted by atomic mass is 32.1. The van der Waals surface area contributed by atoms with Crippen LogP contribution in [0, 0.1) is 19.8 Å². The maximum absolute atomic E-state index is 12.1. The first kappa shape index (κ1) is 14.5. The number of nitrogens with zero attached hydrogens (tertiary/aromatic N) is 1. The van der Waals surface area contributed by atoms with Gasteiger partial charge in [-0.3, -0.25) is 4.79 Å². The highest BCUT2D eigenvalue weighted by Crippen LogP contribution is 2.31. The summed E-state index contributed by atoms with van der Waals surface area (Å²) in [4.78, 5) is 17.0. The summed E-state index contributed by atoms with van der Waals surface area (Å²) in [7, 11) is 0. The van der Waals surface area contributed by atoms with Crippen molar-refractivity contribution < 1.29 is 9.90 Å². The molecular formula is C14H22N2O2S. The Morgan fingerprint density at radius 3 is 2.63 bits per heavy atom. The Labute approximate surface area is 118 Å². The van der Waals surface area contributed by atoms with Gasteiger partial charge in [-0.2, -0.15) is 0 Å². The van der Waals surface area contributed by atoms with Crippen molar-refractivity contribution in [3.8, 4) is 0 Å². The zero-order valence-corrected chi connectivity index (χ0v) is 12.6. The third kappa shape index (κ3) is 3.54. The Balaban J connectivity index is 1.92. The van der Waals surface area contributed by atoms with Crippen molar-refractivity contribution in [2.24, 2.45) is 5.92 Å². The Kier molecular flexibility index (Phi) is 4.26. The van der Waals surface area contributed by atoms with Crippen LogP contribution in [0.2, 0.25) is 0 Å². The van der Waals surface area contributed by atoms with Crippen LogP contribution in [0.1, 0.15) is 53.0 Å². The van der Waals surface area contributed by atoms with Gasteiger partial charge in [0, 0.05) is 6.54 Å². The summed E-state index contributed by atoms with van der Waals surface area (Å²) in [6.45, 7) is 6.29. The molecule has 19 heavy (non-hydrogen) atoms. The normalized spacial score (nSPS) is 27.3. The molecule has 0 unspecified atom stereocenters. The first-order valence-corrected chi connectivity index (χ1v) is 7.66. The van der Waals surface area contributed by atoms with Crippen LogP contribution in [0.3, 0.4) is 0 Å². The molecule has 4 nitrogen and oxygen atoms in total. The molecule has 0 bridgehead atoms. The summed E-state index contributed by atoms with van der Waals surface area (Å²) in [5.74, 6) is 0.567. The largest absolute Gasteiger partial charge is 0.388 e. The predicted octanol–water partition coefficient (Wildman–Crippen LogP) is 2.43. The van der Waals surface area contributed by atoms with Crippen LogP contribution in [0.5, 0.6) is 0 Å². The van der Waals surface area contributed by atoms with Crippen LogP contribution in [-0.2, 0) is 0 Å². The molecule has 1 aromatic rings. The van der Waals surface area contributed by atoms with Gasteiger partial charge < -0.3 is 10.4 Å². The van der Waals surface area contributed by atoms with Crippen molar-refractivity contribution in [3.05, 3.63) is 15.6 Å². The lowest BCUT2D eigenvalue weighted by molar-refractivity contribution is -0.00537. The second-order valence-corrected chi connectivity index (χ2v) is 6.94. The molecule has 2 rings (SSSR count). The average Bonchev–Trinajstić information content (AvgIpc) is 2.70. The summed E-state index contributed by atoms with van der Waals surface area (Å²) in [5, 5.41) is 14.2. The van der Waals surface area contributed by atoms with Crippen molar-refractivity contribution in [3.63, 3.8) is 0 Å². The molecule has 1 aliphatic rings. The number of amides is 1. The molecule has 1 heterocycles. The fraction of sp³-hybridized carbons (Fsp3) is 0.714. The van der Waals surface area contributed by atoms with Crippen molar-refractivity contribution in [1.82, 2.24) is 10.3 Å². The van der Waals surface area contributed by atoms with E-state index in [9.17, 15) is 9.90 Å². The summed E-state index contributed by atoms with van der Waals surface area (Å²) < 4.78 is 0. The number of carbonyl (C=O) groups excluding carboxylic acids is 1. The maximum Gasteiger partial charge on any atom is 0.263 e. The minimum absolute atomic E-state index is 0.116.